The molecule has 5 heterocycles. The number of benzene rings is 1. The monoisotopic (exact) mass is 497 g/mol. The van der Waals surface area contributed by atoms with Crippen LogP contribution < -0.4 is 4.74 Å². The van der Waals surface area contributed by atoms with Gasteiger partial charge in [0.1, 0.15) is 35.3 Å². The van der Waals surface area contributed by atoms with E-state index in [0.717, 1.165) is 22.4 Å². The van der Waals surface area contributed by atoms with Gasteiger partial charge < -0.3 is 23.5 Å². The Morgan fingerprint density at radius 3 is 2.97 bits per heavy atom. The predicted octanol–water partition coefficient (Wildman–Crippen LogP) is 3.93. The molecule has 0 spiro atoms. The van der Waals surface area contributed by atoms with Crippen molar-refractivity contribution in [3.8, 4) is 28.7 Å². The van der Waals surface area contributed by atoms with E-state index in [9.17, 15) is 4.79 Å². The lowest BCUT2D eigenvalue weighted by Gasteiger charge is -2.29. The van der Waals surface area contributed by atoms with Crippen LogP contribution in [0.1, 0.15) is 28.3 Å². The lowest BCUT2D eigenvalue weighted by molar-refractivity contribution is -0.126. The largest absolute Gasteiger partial charge is 0.486 e. The molecule has 0 atom stereocenters. The van der Waals surface area contributed by atoms with Gasteiger partial charge in [-0.05, 0) is 72.2 Å². The molecular weight excluding hydrogens is 474 g/mol. The molecule has 0 saturated carbocycles. The van der Waals surface area contributed by atoms with Crippen molar-refractivity contribution in [3.05, 3.63) is 83.3 Å². The van der Waals surface area contributed by atoms with Gasteiger partial charge in [-0.3, -0.25) is 4.79 Å². The number of rotatable bonds is 7. The second-order valence-electron chi connectivity index (χ2n) is 8.61. The highest BCUT2D eigenvalue weighted by Gasteiger charge is 2.24. The van der Waals surface area contributed by atoms with Gasteiger partial charge in [-0.15, -0.1) is 10.2 Å². The Bertz CT molecular complexity index is 1530. The summed E-state index contributed by atoms with van der Waals surface area (Å²) in [7, 11) is 0. The second kappa shape index (κ2) is 9.61. The van der Waals surface area contributed by atoms with Crippen LogP contribution in [-0.2, 0) is 24.4 Å². The molecule has 2 N–H and O–H groups in total. The number of nitrogens with one attached hydrogen (secondary N) is 2. The van der Waals surface area contributed by atoms with Crippen LogP contribution in [0.15, 0.2) is 63.8 Å². The fraction of sp³-hybridized carbons (Fsp3) is 0.192. The first-order chi connectivity index (χ1) is 18.1. The molecule has 11 heteroatoms. The lowest BCUT2D eigenvalue weighted by atomic mass is 9.96. The Labute approximate surface area is 211 Å². The molecule has 0 radical (unpaired) electrons. The number of tetrazole rings is 1. The Morgan fingerprint density at radius 1 is 1.24 bits per heavy atom. The van der Waals surface area contributed by atoms with Gasteiger partial charge >= 0.3 is 0 Å². The highest BCUT2D eigenvalue weighted by molar-refractivity contribution is 5.91. The number of nitrogens with zero attached hydrogens (tertiary/aromatic N) is 5. The summed E-state index contributed by atoms with van der Waals surface area (Å²) in [5, 5.41) is 14.5. The maximum atomic E-state index is 12.8. The zero-order valence-corrected chi connectivity index (χ0v) is 20.0. The number of H-pyrrole nitrogens is 2. The summed E-state index contributed by atoms with van der Waals surface area (Å²) in [5.41, 5.74) is 4.30. The Hall–Kier alpha value is -4.93. The first-order valence-corrected chi connectivity index (χ1v) is 11.8. The van der Waals surface area contributed by atoms with E-state index in [2.05, 4.69) is 30.6 Å². The topological polar surface area (TPSA) is 139 Å². The number of amides is 1. The van der Waals surface area contributed by atoms with E-state index in [0.29, 0.717) is 54.2 Å². The quantitative estimate of drug-likeness (QED) is 0.323. The number of furan rings is 1. The van der Waals surface area contributed by atoms with Gasteiger partial charge in [-0.25, -0.2) is 4.98 Å². The van der Waals surface area contributed by atoms with Crippen LogP contribution in [0.3, 0.4) is 0 Å². The number of aryl methyl sites for hydroxylation is 1. The summed E-state index contributed by atoms with van der Waals surface area (Å²) < 4.78 is 17.3. The molecule has 0 saturated heterocycles. The van der Waals surface area contributed by atoms with Crippen LogP contribution in [0.4, 0.5) is 0 Å². The molecule has 1 amide bonds. The fourth-order valence-electron chi connectivity index (χ4n) is 4.28. The Balaban J connectivity index is 1.25. The van der Waals surface area contributed by atoms with Crippen molar-refractivity contribution < 1.29 is 18.4 Å². The first-order valence-electron chi connectivity index (χ1n) is 11.8. The number of hydrogen-bond donors (Lipinski definition) is 2. The van der Waals surface area contributed by atoms with Crippen molar-refractivity contribution in [2.75, 3.05) is 6.54 Å². The number of fused-ring (bicyclic) bond motifs is 1. The smallest absolute Gasteiger partial charge is 0.246 e. The van der Waals surface area contributed by atoms with Crippen molar-refractivity contribution in [1.82, 2.24) is 35.5 Å². The molecule has 186 valence electrons. The van der Waals surface area contributed by atoms with E-state index in [1.165, 1.54) is 6.08 Å². The zero-order chi connectivity index (χ0) is 25.2. The van der Waals surface area contributed by atoms with E-state index in [1.54, 1.807) is 29.4 Å². The molecule has 1 aliphatic rings. The molecule has 6 rings (SSSR count). The minimum absolute atomic E-state index is 0.0816. The molecule has 0 fully saturated rings. The van der Waals surface area contributed by atoms with Gasteiger partial charge in [0.05, 0.1) is 11.8 Å². The van der Waals surface area contributed by atoms with Crippen molar-refractivity contribution in [2.45, 2.75) is 26.5 Å². The number of oxazole rings is 1. The van der Waals surface area contributed by atoms with Crippen LogP contribution in [0.2, 0.25) is 0 Å². The molecule has 11 nitrogen and oxygen atoms in total. The third kappa shape index (κ3) is 4.66. The fourth-order valence-corrected chi connectivity index (χ4v) is 4.28. The number of aromatic amines is 2. The third-order valence-corrected chi connectivity index (χ3v) is 6.23. The van der Waals surface area contributed by atoms with Gasteiger partial charge in [0.15, 0.2) is 0 Å². The second-order valence-corrected chi connectivity index (χ2v) is 8.61. The maximum Gasteiger partial charge on any atom is 0.246 e. The highest BCUT2D eigenvalue weighted by Crippen LogP contribution is 2.34. The molecule has 37 heavy (non-hydrogen) atoms. The van der Waals surface area contributed by atoms with Crippen LogP contribution in [0.5, 0.6) is 5.75 Å². The zero-order valence-electron chi connectivity index (χ0n) is 20.0. The van der Waals surface area contributed by atoms with Gasteiger partial charge in [0.2, 0.25) is 17.6 Å². The van der Waals surface area contributed by atoms with E-state index in [1.807, 2.05) is 37.4 Å². The van der Waals surface area contributed by atoms with Crippen LogP contribution >= 0.6 is 0 Å². The van der Waals surface area contributed by atoms with Crippen LogP contribution in [-0.4, -0.2) is 47.9 Å². The summed E-state index contributed by atoms with van der Waals surface area (Å²) in [6.45, 7) is 3.10. The average Bonchev–Trinajstić information content (AvgIpc) is 3.73. The van der Waals surface area contributed by atoms with Crippen LogP contribution in [0, 0.1) is 6.92 Å². The summed E-state index contributed by atoms with van der Waals surface area (Å²) in [4.78, 5) is 22.3. The highest BCUT2D eigenvalue weighted by atomic mass is 16.5. The average molecular weight is 498 g/mol. The molecule has 1 aliphatic heterocycles. The van der Waals surface area contributed by atoms with Crippen molar-refractivity contribution in [1.29, 1.82) is 0 Å². The number of carbonyl (C=O) groups is 1. The third-order valence-electron chi connectivity index (χ3n) is 6.23. The van der Waals surface area contributed by atoms with E-state index < -0.39 is 0 Å². The Kier molecular flexibility index (Phi) is 5.85. The number of ether oxygens (including phenoxy) is 1. The first kappa shape index (κ1) is 22.5. The number of carbonyl (C=O) groups excluding carboxylic acids is 1. The molecule has 0 unspecified atom stereocenters. The maximum absolute atomic E-state index is 12.8. The number of hydrogen-bond acceptors (Lipinski definition) is 8. The van der Waals surface area contributed by atoms with Crippen molar-refractivity contribution in [3.63, 3.8) is 0 Å². The summed E-state index contributed by atoms with van der Waals surface area (Å²) in [6.07, 6.45) is 7.29. The molecule has 1 aromatic carbocycles. The summed E-state index contributed by atoms with van der Waals surface area (Å²) in [5.74, 6) is 2.73. The SMILES string of the molecule is Cc1oc(-c2ccc[nH]2)nc1COc1cc2c(cc1-c1nn[nH]n1)CCN(C(=O)/C=C/c1ccco1)C2. The van der Waals surface area contributed by atoms with E-state index in [4.69, 9.17) is 13.6 Å². The summed E-state index contributed by atoms with van der Waals surface area (Å²) >= 11 is 0. The minimum Gasteiger partial charge on any atom is -0.486 e. The summed E-state index contributed by atoms with van der Waals surface area (Å²) in [6, 6.07) is 11.3. The van der Waals surface area contributed by atoms with Gasteiger partial charge in [-0.2, -0.15) is 5.21 Å². The predicted molar refractivity (Wildman–Crippen MR) is 132 cm³/mol. The lowest BCUT2D eigenvalue weighted by Crippen LogP contribution is -2.34. The standard InChI is InChI=1S/C26H23N7O4/c1-16-22(28-26(37-16)21-5-2-9-27-21)15-36-23-13-18-14-33(24(34)7-6-19-4-3-11-35-19)10-8-17(18)12-20(23)25-29-31-32-30-25/h2-7,9,11-13,27H,8,10,14-15H2,1H3,(H,29,30,31,32)/b7-6+. The van der Waals surface area contributed by atoms with Crippen molar-refractivity contribution in [2.24, 2.45) is 0 Å². The molecule has 4 aromatic heterocycles. The van der Waals surface area contributed by atoms with Gasteiger partial charge in [0, 0.05) is 25.4 Å². The molecular formula is C26H23N7O4. The molecule has 5 aromatic rings. The van der Waals surface area contributed by atoms with E-state index in [-0.39, 0.29) is 12.5 Å². The van der Waals surface area contributed by atoms with Gasteiger partial charge in [-0.1, -0.05) is 0 Å². The molecule has 0 aliphatic carbocycles. The van der Waals surface area contributed by atoms with Crippen LogP contribution in [0.25, 0.3) is 29.0 Å². The van der Waals surface area contributed by atoms with Crippen molar-refractivity contribution >= 4 is 12.0 Å². The minimum atomic E-state index is -0.0816. The van der Waals surface area contributed by atoms with E-state index >= 15 is 0 Å². The van der Waals surface area contributed by atoms with Gasteiger partial charge in [0.25, 0.3) is 0 Å². The normalized spacial score (nSPS) is 13.3. The molecule has 0 bridgehead atoms. The Morgan fingerprint density at radius 2 is 2.19 bits per heavy atom. The number of aromatic nitrogens is 6.